The number of urea groups is 1. The first-order chi connectivity index (χ1) is 48.3. The van der Waals surface area contributed by atoms with Crippen molar-refractivity contribution in [2.45, 2.75) is 137 Å². The van der Waals surface area contributed by atoms with E-state index in [1.807, 2.05) is 30.0 Å². The number of fused-ring (bicyclic) bond motifs is 4. The molecular formula is C66H99N15O17S3. The quantitative estimate of drug-likeness (QED) is 0.0494. The SMILES string of the molecule is CCCCNC(=O)N[C@H]1CSCc2cc(CSCCNC(=O)CN3CCN(CC(=O)O)CCN(CC(=O)O)CCN(CC(=O)O)CC3)cc(c2)CSC[C@@H](C(N)=O)NC(=O)[C@H](Cc2ccccc2)NC(=O)[C@H](CCC(N)=O)NC(=O)[C@H]([C@@H](C)O)NC(=O)[C@@H]2CCCN2C(=O)[C@@H]2CCCN2C1=O. The Hall–Kier alpha value is -7.80. The Morgan fingerprint density at radius 1 is 0.614 bits per heavy atom. The number of primary amides is 2. The van der Waals surface area contributed by atoms with Crippen molar-refractivity contribution in [3.8, 4) is 0 Å². The third-order valence-corrected chi connectivity index (χ3v) is 20.7. The molecule has 2 aromatic carbocycles. The van der Waals surface area contributed by atoms with E-state index in [-0.39, 0.29) is 147 Å². The van der Waals surface area contributed by atoms with Crippen LogP contribution in [0.2, 0.25) is 0 Å². The fraction of sp³-hybridized carbons (Fsp3) is 0.621. The first kappa shape index (κ1) is 82.2. The first-order valence-electron chi connectivity index (χ1n) is 34.1. The van der Waals surface area contributed by atoms with Crippen LogP contribution in [0.15, 0.2) is 48.5 Å². The van der Waals surface area contributed by atoms with Crippen molar-refractivity contribution in [3.63, 3.8) is 0 Å². The highest BCUT2D eigenvalue weighted by molar-refractivity contribution is 7.99. The van der Waals surface area contributed by atoms with Gasteiger partial charge in [-0.25, -0.2) is 4.79 Å². The van der Waals surface area contributed by atoms with E-state index in [4.69, 9.17) is 11.5 Å². The van der Waals surface area contributed by atoms with Crippen molar-refractivity contribution in [1.82, 2.24) is 66.6 Å². The molecule has 4 aliphatic heterocycles. The summed E-state index contributed by atoms with van der Waals surface area (Å²) in [5, 5.41) is 58.9. The van der Waals surface area contributed by atoms with Gasteiger partial charge in [-0.2, -0.15) is 35.3 Å². The number of aliphatic hydroxyl groups is 1. The fourth-order valence-corrected chi connectivity index (χ4v) is 15.0. The first-order valence-corrected chi connectivity index (χ1v) is 37.6. The van der Waals surface area contributed by atoms with Crippen molar-refractivity contribution in [3.05, 3.63) is 70.8 Å². The van der Waals surface area contributed by atoms with Gasteiger partial charge < -0.3 is 78.9 Å². The van der Waals surface area contributed by atoms with E-state index >= 15 is 0 Å². The molecule has 558 valence electrons. The molecule has 6 rings (SSSR count). The lowest BCUT2D eigenvalue weighted by Crippen LogP contribution is -2.61. The summed E-state index contributed by atoms with van der Waals surface area (Å²) in [7, 11) is 0. The minimum atomic E-state index is -1.71. The predicted molar refractivity (Wildman–Crippen MR) is 378 cm³/mol. The number of aliphatic hydroxyl groups excluding tert-OH is 1. The Morgan fingerprint density at radius 3 is 1.69 bits per heavy atom. The van der Waals surface area contributed by atoms with Gasteiger partial charge in [-0.05, 0) is 67.7 Å². The number of nitrogens with two attached hydrogens (primary N) is 2. The molecule has 0 unspecified atom stereocenters. The summed E-state index contributed by atoms with van der Waals surface area (Å²) >= 11 is 4.16. The third-order valence-electron chi connectivity index (χ3n) is 17.5. The molecule has 11 amide bonds. The number of carbonyl (C=O) groups is 13. The summed E-state index contributed by atoms with van der Waals surface area (Å²) in [4.78, 5) is 184. The summed E-state index contributed by atoms with van der Waals surface area (Å²) in [5.74, 6) is -8.34. The summed E-state index contributed by atoms with van der Waals surface area (Å²) in [5.41, 5.74) is 14.6. The van der Waals surface area contributed by atoms with Crippen LogP contribution in [0.3, 0.4) is 0 Å². The number of benzene rings is 2. The van der Waals surface area contributed by atoms with Gasteiger partial charge in [0.2, 0.25) is 53.2 Å². The molecule has 3 fully saturated rings. The monoisotopic (exact) mass is 1470 g/mol. The van der Waals surface area contributed by atoms with Gasteiger partial charge in [-0.15, -0.1) is 0 Å². The summed E-state index contributed by atoms with van der Waals surface area (Å²) in [6.07, 6.45) is 0.213. The van der Waals surface area contributed by atoms with Crippen molar-refractivity contribution in [2.75, 3.05) is 122 Å². The minimum absolute atomic E-state index is 0.0417. The van der Waals surface area contributed by atoms with Gasteiger partial charge in [-0.1, -0.05) is 61.9 Å². The van der Waals surface area contributed by atoms with E-state index in [2.05, 4.69) is 37.2 Å². The summed E-state index contributed by atoms with van der Waals surface area (Å²) in [6, 6.07) is 4.69. The average molecular weight is 1470 g/mol. The van der Waals surface area contributed by atoms with Gasteiger partial charge in [-0.3, -0.25) is 77.1 Å². The van der Waals surface area contributed by atoms with Crippen LogP contribution in [0.4, 0.5) is 4.79 Å². The summed E-state index contributed by atoms with van der Waals surface area (Å²) in [6.45, 7) is 5.00. The lowest BCUT2D eigenvalue weighted by Gasteiger charge is -2.33. The molecule has 2 bridgehead atoms. The van der Waals surface area contributed by atoms with Crippen LogP contribution < -0.4 is 48.7 Å². The largest absolute Gasteiger partial charge is 0.480 e. The van der Waals surface area contributed by atoms with E-state index in [1.54, 1.807) is 45.0 Å². The number of carbonyl (C=O) groups excluding carboxylic acids is 10. The molecule has 0 aliphatic carbocycles. The van der Waals surface area contributed by atoms with Gasteiger partial charge in [0, 0.05) is 126 Å². The van der Waals surface area contributed by atoms with Crippen LogP contribution in [0, 0.1) is 0 Å². The highest BCUT2D eigenvalue weighted by atomic mass is 32.2. The molecule has 3 saturated heterocycles. The minimum Gasteiger partial charge on any atom is -0.480 e. The normalized spacial score (nSPS) is 23.3. The number of amides is 11. The smallest absolute Gasteiger partial charge is 0.317 e. The van der Waals surface area contributed by atoms with Crippen molar-refractivity contribution in [1.29, 1.82) is 0 Å². The second kappa shape index (κ2) is 42.6. The van der Waals surface area contributed by atoms with Gasteiger partial charge in [0.15, 0.2) is 0 Å². The van der Waals surface area contributed by atoms with Crippen LogP contribution in [-0.4, -0.2) is 297 Å². The number of unbranched alkanes of at least 4 members (excludes halogenated alkanes) is 1. The summed E-state index contributed by atoms with van der Waals surface area (Å²) < 4.78 is 0. The number of rotatable bonds is 24. The van der Waals surface area contributed by atoms with Crippen LogP contribution >= 0.6 is 35.3 Å². The van der Waals surface area contributed by atoms with E-state index < -0.39 is 126 Å². The Kier molecular flexibility index (Phi) is 34.6. The molecule has 15 N–H and O–H groups in total. The second-order valence-corrected chi connectivity index (χ2v) is 28.7. The maximum absolute atomic E-state index is 14.9. The Labute approximate surface area is 600 Å². The van der Waals surface area contributed by atoms with E-state index in [1.165, 1.54) is 52.0 Å². The highest BCUT2D eigenvalue weighted by Gasteiger charge is 2.45. The fourth-order valence-electron chi connectivity index (χ4n) is 12.2. The number of thioether (sulfide) groups is 3. The highest BCUT2D eigenvalue weighted by Crippen LogP contribution is 2.28. The van der Waals surface area contributed by atoms with Gasteiger partial charge >= 0.3 is 23.9 Å². The average Bonchev–Trinajstić information content (AvgIpc) is 1.72. The molecule has 2 aromatic rings. The van der Waals surface area contributed by atoms with Crippen molar-refractivity contribution in [2.24, 2.45) is 11.5 Å². The molecule has 32 nitrogen and oxygen atoms in total. The van der Waals surface area contributed by atoms with Crippen LogP contribution in [0.5, 0.6) is 0 Å². The molecule has 4 aliphatic rings. The topological polar surface area (TPSA) is 459 Å². The van der Waals surface area contributed by atoms with Crippen molar-refractivity contribution >= 4 is 112 Å². The molecule has 4 heterocycles. The Morgan fingerprint density at radius 2 is 1.15 bits per heavy atom. The second-order valence-electron chi connectivity index (χ2n) is 25.6. The molecule has 8 atom stereocenters. The lowest BCUT2D eigenvalue weighted by molar-refractivity contribution is -0.147. The van der Waals surface area contributed by atoms with Crippen LogP contribution in [0.1, 0.15) is 87.5 Å². The molecule has 0 radical (unpaired) electrons. The molecule has 0 aromatic heterocycles. The van der Waals surface area contributed by atoms with Gasteiger partial charge in [0.05, 0.1) is 32.3 Å². The Balaban J connectivity index is 1.26. The van der Waals surface area contributed by atoms with E-state index in [9.17, 15) is 82.8 Å². The molecule has 101 heavy (non-hydrogen) atoms. The third kappa shape index (κ3) is 28.5. The van der Waals surface area contributed by atoms with Gasteiger partial charge in [0.1, 0.15) is 42.3 Å². The zero-order valence-electron chi connectivity index (χ0n) is 57.3. The Bertz CT molecular complexity index is 3150. The molecular weight excluding hydrogens is 1370 g/mol. The van der Waals surface area contributed by atoms with Crippen molar-refractivity contribution < 1.29 is 82.8 Å². The maximum Gasteiger partial charge on any atom is 0.317 e. The number of aliphatic carboxylic acids is 3. The number of nitrogens with one attached hydrogen (secondary N) is 7. The molecule has 35 heteroatoms. The zero-order chi connectivity index (χ0) is 73.5. The van der Waals surface area contributed by atoms with Gasteiger partial charge in [0.25, 0.3) is 0 Å². The zero-order valence-corrected chi connectivity index (χ0v) is 59.8. The lowest BCUT2D eigenvalue weighted by atomic mass is 10.0. The number of hydrogen-bond acceptors (Lipinski definition) is 21. The maximum atomic E-state index is 14.9. The molecule has 0 saturated carbocycles. The van der Waals surface area contributed by atoms with E-state index in [0.29, 0.717) is 48.6 Å². The number of hydrogen-bond donors (Lipinski definition) is 13. The number of carboxylic acids is 3. The molecule has 0 spiro atoms. The predicted octanol–water partition coefficient (Wildman–Crippen LogP) is -2.25. The number of nitrogens with zero attached hydrogens (tertiary/aromatic N) is 6. The van der Waals surface area contributed by atoms with Crippen LogP contribution in [0.25, 0.3) is 0 Å². The standard InChI is InChI=1S/C66H99N15O17S3/c1-3-4-16-70-66(98)74-50-41-101-39-46-30-44(37-99-28-17-69-54(84)33-76-20-22-77(34-55(85)86)24-26-79(36-57(89)90)27-25-78(23-21-76)35-56(87)88)29-45(31-46)38-100-40-49(59(68)91)73-61(93)48(32-43-10-6-5-7-11-43)72-60(92)47(14-15-53(67)83)71-63(95)58(42(2)82)75-62(94)51-12-8-18-80(51)65(97)52-13-9-19-81(52)64(50)96/h5-7,10-11,29-31,42,47-52,58,82H,3-4,8-9,12-28,32-41H2,1-2H3,(H2,67,83)(H2,68,91)(H,69,84)(H,71,95)(H,72,92)(H,73,93)(H,75,94)(H,85,86)(H,87,88)(H,89,90)(H2,70,74,98)/t42-,47+,48+,49+,50+,51+,52+,58+/m1/s1. The van der Waals surface area contributed by atoms with E-state index in [0.717, 1.165) is 23.1 Å². The van der Waals surface area contributed by atoms with Crippen LogP contribution in [-0.2, 0) is 81.2 Å². The number of carboxylic acid groups (broad SMARTS) is 3.